The van der Waals surface area contributed by atoms with Crippen LogP contribution in [0.2, 0.25) is 0 Å². The molecule has 134 valence electrons. The molecule has 0 atom stereocenters. The monoisotopic (exact) mass is 361 g/mol. The van der Waals surface area contributed by atoms with Crippen LogP contribution in [-0.2, 0) is 10.2 Å². The molecule has 0 saturated heterocycles. The smallest absolute Gasteiger partial charge is 0.335 e. The number of nitrogens with zero attached hydrogens (tertiary/aromatic N) is 2. The molecular formula is C19H15N5O3. The lowest BCUT2D eigenvalue weighted by Crippen LogP contribution is -2.26. The first-order valence-corrected chi connectivity index (χ1v) is 8.42. The lowest BCUT2D eigenvalue weighted by atomic mass is 9.86. The van der Waals surface area contributed by atoms with E-state index in [-0.39, 0.29) is 11.5 Å². The molecule has 0 fully saturated rings. The van der Waals surface area contributed by atoms with Gasteiger partial charge in [-0.2, -0.15) is 5.10 Å². The predicted octanol–water partition coefficient (Wildman–Crippen LogP) is 3.03. The van der Waals surface area contributed by atoms with Crippen molar-refractivity contribution < 1.29 is 14.7 Å². The molecule has 0 radical (unpaired) electrons. The quantitative estimate of drug-likeness (QED) is 0.437. The summed E-state index contributed by atoms with van der Waals surface area (Å²) in [5.74, 6) is -0.500. The van der Waals surface area contributed by atoms with Gasteiger partial charge in [0.25, 0.3) is 0 Å². The van der Waals surface area contributed by atoms with Crippen LogP contribution in [0.3, 0.4) is 0 Å². The molecule has 8 heteroatoms. The number of amides is 1. The van der Waals surface area contributed by atoms with Crippen LogP contribution in [-0.4, -0.2) is 37.1 Å². The first-order chi connectivity index (χ1) is 12.8. The fourth-order valence-electron chi connectivity index (χ4n) is 3.52. The third-order valence-corrected chi connectivity index (χ3v) is 5.14. The number of imidazole rings is 1. The fraction of sp³-hybridized carbons (Fsp3) is 0.158. The fourth-order valence-corrected chi connectivity index (χ4v) is 3.52. The van der Waals surface area contributed by atoms with Crippen molar-refractivity contribution >= 4 is 39.5 Å². The molecule has 8 nitrogen and oxygen atoms in total. The summed E-state index contributed by atoms with van der Waals surface area (Å²) >= 11 is 0. The summed E-state index contributed by atoms with van der Waals surface area (Å²) in [6.45, 7) is 3.75. The van der Waals surface area contributed by atoms with E-state index in [4.69, 9.17) is 0 Å². The SMILES string of the molecule is CC1(C)C(=O)Nc2cc3[nH]c(-c4n[nH]c5ccc(C(=O)O)cc45)nc3cc21. The van der Waals surface area contributed by atoms with Crippen LogP contribution >= 0.6 is 0 Å². The molecule has 0 spiro atoms. The topological polar surface area (TPSA) is 124 Å². The van der Waals surface area contributed by atoms with Gasteiger partial charge < -0.3 is 15.4 Å². The number of carboxylic acids is 1. The number of nitrogens with one attached hydrogen (secondary N) is 3. The number of carbonyl (C=O) groups is 2. The van der Waals surface area contributed by atoms with E-state index in [1.807, 2.05) is 26.0 Å². The van der Waals surface area contributed by atoms with Crippen LogP contribution < -0.4 is 5.32 Å². The van der Waals surface area contributed by atoms with E-state index in [1.54, 1.807) is 12.1 Å². The summed E-state index contributed by atoms with van der Waals surface area (Å²) in [5.41, 5.74) is 4.01. The maximum atomic E-state index is 12.1. The molecule has 4 N–H and O–H groups in total. The lowest BCUT2D eigenvalue weighted by molar-refractivity contribution is -0.119. The summed E-state index contributed by atoms with van der Waals surface area (Å²) < 4.78 is 0. The Morgan fingerprint density at radius 3 is 2.74 bits per heavy atom. The number of hydrogen-bond acceptors (Lipinski definition) is 4. The Balaban J connectivity index is 1.69. The zero-order valence-electron chi connectivity index (χ0n) is 14.5. The van der Waals surface area contributed by atoms with Crippen LogP contribution in [0, 0.1) is 0 Å². The van der Waals surface area contributed by atoms with Crippen molar-refractivity contribution in [1.29, 1.82) is 0 Å². The highest BCUT2D eigenvalue weighted by molar-refractivity contribution is 6.08. The molecular weight excluding hydrogens is 346 g/mol. The minimum atomic E-state index is -0.997. The Kier molecular flexibility index (Phi) is 2.85. The van der Waals surface area contributed by atoms with Crippen LogP contribution in [0.5, 0.6) is 0 Å². The number of carbonyl (C=O) groups excluding carboxylic acids is 1. The van der Waals surface area contributed by atoms with Crippen molar-refractivity contribution in [3.8, 4) is 11.5 Å². The maximum Gasteiger partial charge on any atom is 0.335 e. The molecule has 4 aromatic rings. The molecule has 27 heavy (non-hydrogen) atoms. The van der Waals surface area contributed by atoms with E-state index in [2.05, 4.69) is 25.5 Å². The van der Waals surface area contributed by atoms with Crippen molar-refractivity contribution in [2.24, 2.45) is 0 Å². The highest BCUT2D eigenvalue weighted by atomic mass is 16.4. The van der Waals surface area contributed by atoms with E-state index in [0.717, 1.165) is 27.8 Å². The van der Waals surface area contributed by atoms with Gasteiger partial charge in [0.15, 0.2) is 5.82 Å². The van der Waals surface area contributed by atoms with E-state index in [1.165, 1.54) is 6.07 Å². The van der Waals surface area contributed by atoms with Gasteiger partial charge in [-0.15, -0.1) is 0 Å². The molecule has 1 amide bonds. The van der Waals surface area contributed by atoms with Crippen LogP contribution in [0.1, 0.15) is 29.8 Å². The Labute approximate surface area is 152 Å². The first kappa shape index (κ1) is 15.6. The molecule has 0 aliphatic carbocycles. The van der Waals surface area contributed by atoms with Gasteiger partial charge in [0, 0.05) is 11.1 Å². The standard InChI is InChI=1S/C19H15N5O3/c1-19(2)10-6-13-14(7-12(10)22-18(19)27)21-16(20-13)15-9-5-8(17(25)26)3-4-11(9)23-24-15/h3-7H,1-2H3,(H,20,21)(H,22,27)(H,23,24)(H,25,26). The minimum absolute atomic E-state index is 0.0372. The largest absolute Gasteiger partial charge is 0.478 e. The first-order valence-electron chi connectivity index (χ1n) is 8.42. The number of rotatable bonds is 2. The van der Waals surface area contributed by atoms with Gasteiger partial charge in [-0.1, -0.05) is 0 Å². The van der Waals surface area contributed by atoms with Crippen LogP contribution in [0.4, 0.5) is 5.69 Å². The van der Waals surface area contributed by atoms with Gasteiger partial charge in [-0.25, -0.2) is 9.78 Å². The highest BCUT2D eigenvalue weighted by Gasteiger charge is 2.38. The summed E-state index contributed by atoms with van der Waals surface area (Å²) in [6, 6.07) is 8.56. The second-order valence-electron chi connectivity index (χ2n) is 7.22. The number of aromatic carboxylic acids is 1. The predicted molar refractivity (Wildman–Crippen MR) is 99.8 cm³/mol. The van der Waals surface area contributed by atoms with E-state index >= 15 is 0 Å². The molecule has 0 unspecified atom stereocenters. The maximum absolute atomic E-state index is 12.1. The van der Waals surface area contributed by atoms with Crippen molar-refractivity contribution in [1.82, 2.24) is 20.2 Å². The highest BCUT2D eigenvalue weighted by Crippen LogP contribution is 2.39. The number of carboxylic acid groups (broad SMARTS) is 1. The molecule has 0 saturated carbocycles. The van der Waals surface area contributed by atoms with Crippen molar-refractivity contribution in [3.05, 3.63) is 41.5 Å². The van der Waals surface area contributed by atoms with E-state index in [9.17, 15) is 14.7 Å². The Morgan fingerprint density at radius 1 is 1.15 bits per heavy atom. The number of aromatic amines is 2. The molecule has 0 bridgehead atoms. The van der Waals surface area contributed by atoms with Crippen molar-refractivity contribution in [3.63, 3.8) is 0 Å². The third kappa shape index (κ3) is 2.10. The van der Waals surface area contributed by atoms with Crippen LogP contribution in [0.15, 0.2) is 30.3 Å². The van der Waals surface area contributed by atoms with Gasteiger partial charge in [0.2, 0.25) is 5.91 Å². The zero-order valence-corrected chi connectivity index (χ0v) is 14.5. The summed E-state index contributed by atoms with van der Waals surface area (Å²) in [5, 5.41) is 20.0. The van der Waals surface area contributed by atoms with E-state index in [0.29, 0.717) is 16.9 Å². The molecule has 5 rings (SSSR count). The Morgan fingerprint density at radius 2 is 1.96 bits per heavy atom. The second-order valence-corrected chi connectivity index (χ2v) is 7.22. The van der Waals surface area contributed by atoms with Gasteiger partial charge in [-0.05, 0) is 49.7 Å². The number of fused-ring (bicyclic) bond motifs is 3. The summed E-state index contributed by atoms with van der Waals surface area (Å²) in [4.78, 5) is 31.2. The average Bonchev–Trinajstić information content (AvgIpc) is 3.27. The van der Waals surface area contributed by atoms with Gasteiger partial charge in [-0.3, -0.25) is 9.89 Å². The van der Waals surface area contributed by atoms with Gasteiger partial charge in [0.05, 0.1) is 27.5 Å². The van der Waals surface area contributed by atoms with Crippen molar-refractivity contribution in [2.45, 2.75) is 19.3 Å². The molecule has 1 aliphatic rings. The number of benzene rings is 2. The average molecular weight is 361 g/mol. The lowest BCUT2D eigenvalue weighted by Gasteiger charge is -2.14. The molecule has 3 heterocycles. The normalized spacial score (nSPS) is 15.3. The Bertz CT molecular complexity index is 1280. The summed E-state index contributed by atoms with van der Waals surface area (Å²) in [6.07, 6.45) is 0. The second kappa shape index (κ2) is 4.94. The summed E-state index contributed by atoms with van der Waals surface area (Å²) in [7, 11) is 0. The molecule has 2 aromatic heterocycles. The van der Waals surface area contributed by atoms with Gasteiger partial charge in [0.1, 0.15) is 5.69 Å². The third-order valence-electron chi connectivity index (χ3n) is 5.14. The zero-order chi connectivity index (χ0) is 18.9. The molecule has 1 aliphatic heterocycles. The molecule has 2 aromatic carbocycles. The number of hydrogen-bond donors (Lipinski definition) is 4. The van der Waals surface area contributed by atoms with Gasteiger partial charge >= 0.3 is 5.97 Å². The van der Waals surface area contributed by atoms with Crippen LogP contribution in [0.25, 0.3) is 33.5 Å². The van der Waals surface area contributed by atoms with Crippen molar-refractivity contribution in [2.75, 3.05) is 5.32 Å². The Hall–Kier alpha value is -3.68. The minimum Gasteiger partial charge on any atom is -0.478 e. The number of aromatic nitrogens is 4. The number of H-pyrrole nitrogens is 2. The van der Waals surface area contributed by atoms with E-state index < -0.39 is 11.4 Å². The number of anilines is 1.